The Morgan fingerprint density at radius 3 is 2.40 bits per heavy atom. The van der Waals surface area contributed by atoms with Gasteiger partial charge in [-0.3, -0.25) is 14.5 Å². The molecule has 0 saturated carbocycles. The van der Waals surface area contributed by atoms with Crippen molar-refractivity contribution in [2.75, 3.05) is 38.6 Å². The second kappa shape index (κ2) is 12.0. The molecule has 0 radical (unpaired) electrons. The zero-order valence-corrected chi connectivity index (χ0v) is 21.1. The van der Waals surface area contributed by atoms with Crippen LogP contribution in [0.3, 0.4) is 0 Å². The number of nitrogens with zero attached hydrogens (tertiary/aromatic N) is 2. The summed E-state index contributed by atoms with van der Waals surface area (Å²) in [4.78, 5) is 29.5. The minimum atomic E-state index is -0.560. The van der Waals surface area contributed by atoms with E-state index in [0.29, 0.717) is 13.1 Å². The highest BCUT2D eigenvalue weighted by Gasteiger charge is 2.26. The van der Waals surface area contributed by atoms with Crippen molar-refractivity contribution in [1.29, 1.82) is 0 Å². The third kappa shape index (κ3) is 6.73. The largest absolute Gasteiger partial charge is 0.378 e. The predicted molar refractivity (Wildman–Crippen MR) is 141 cm³/mol. The van der Waals surface area contributed by atoms with Crippen LogP contribution < -0.4 is 15.5 Å². The molecule has 2 aromatic carbocycles. The first kappa shape index (κ1) is 25.0. The highest BCUT2D eigenvalue weighted by molar-refractivity contribution is 6.35. The van der Waals surface area contributed by atoms with Crippen molar-refractivity contribution < 1.29 is 9.59 Å². The number of anilines is 1. The summed E-state index contributed by atoms with van der Waals surface area (Å²) in [5, 5.41) is 5.71. The van der Waals surface area contributed by atoms with Crippen molar-refractivity contribution in [3.05, 3.63) is 76.9 Å². The molecular weight excluding hydrogens is 436 g/mol. The fourth-order valence-electron chi connectivity index (χ4n) is 5.05. The average molecular weight is 475 g/mol. The molecule has 0 aromatic heterocycles. The van der Waals surface area contributed by atoms with Crippen LogP contribution in [0, 0.1) is 0 Å². The Kier molecular flexibility index (Phi) is 8.59. The lowest BCUT2D eigenvalue weighted by Crippen LogP contribution is -2.45. The van der Waals surface area contributed by atoms with E-state index < -0.39 is 11.8 Å². The number of nitrogens with one attached hydrogen (secondary N) is 2. The summed E-state index contributed by atoms with van der Waals surface area (Å²) in [5.41, 5.74) is 6.38. The molecule has 1 heterocycles. The Morgan fingerprint density at radius 1 is 0.943 bits per heavy atom. The lowest BCUT2D eigenvalue weighted by Gasteiger charge is -2.36. The minimum absolute atomic E-state index is 0.0105. The molecule has 2 amide bonds. The molecule has 0 spiro atoms. The number of fused-ring (bicyclic) bond motifs is 1. The van der Waals surface area contributed by atoms with Crippen LogP contribution in [-0.4, -0.2) is 50.4 Å². The molecule has 1 aliphatic carbocycles. The molecular formula is C29H38N4O2. The molecule has 1 atom stereocenters. The van der Waals surface area contributed by atoms with Crippen molar-refractivity contribution in [2.45, 2.75) is 51.1 Å². The normalized spacial score (nSPS) is 16.6. The van der Waals surface area contributed by atoms with E-state index in [2.05, 4.69) is 75.0 Å². The SMILES string of the molecule is CN(C)c1ccc(C(CNC(=O)C(=O)NCCC2=CCCCC2)N2CCc3ccccc3C2)cc1. The van der Waals surface area contributed by atoms with Gasteiger partial charge in [0.25, 0.3) is 0 Å². The summed E-state index contributed by atoms with van der Waals surface area (Å²) in [6, 6.07) is 17.0. The van der Waals surface area contributed by atoms with Crippen LogP contribution in [0.15, 0.2) is 60.2 Å². The molecule has 2 aromatic rings. The second-order valence-corrected chi connectivity index (χ2v) is 9.82. The number of hydrogen-bond acceptors (Lipinski definition) is 4. The zero-order valence-electron chi connectivity index (χ0n) is 21.1. The van der Waals surface area contributed by atoms with E-state index in [1.54, 1.807) is 0 Å². The van der Waals surface area contributed by atoms with E-state index in [4.69, 9.17) is 0 Å². The lowest BCUT2D eigenvalue weighted by molar-refractivity contribution is -0.139. The fourth-order valence-corrected chi connectivity index (χ4v) is 5.05. The summed E-state index contributed by atoms with van der Waals surface area (Å²) in [5.74, 6) is -1.11. The molecule has 0 fully saturated rings. The quantitative estimate of drug-likeness (QED) is 0.449. The van der Waals surface area contributed by atoms with Crippen molar-refractivity contribution in [2.24, 2.45) is 0 Å². The Morgan fingerprint density at radius 2 is 1.69 bits per heavy atom. The Labute approximate surface area is 209 Å². The first-order valence-electron chi connectivity index (χ1n) is 12.8. The van der Waals surface area contributed by atoms with E-state index in [1.807, 2.05) is 14.1 Å². The van der Waals surface area contributed by atoms with Gasteiger partial charge in [0.1, 0.15) is 0 Å². The van der Waals surface area contributed by atoms with Gasteiger partial charge in [-0.15, -0.1) is 0 Å². The molecule has 4 rings (SSSR count). The van der Waals surface area contributed by atoms with Crippen LogP contribution in [0.25, 0.3) is 0 Å². The molecule has 2 N–H and O–H groups in total. The van der Waals surface area contributed by atoms with Gasteiger partial charge in [-0.25, -0.2) is 0 Å². The van der Waals surface area contributed by atoms with Gasteiger partial charge in [0, 0.05) is 46.0 Å². The van der Waals surface area contributed by atoms with Gasteiger partial charge in [-0.2, -0.15) is 0 Å². The molecule has 35 heavy (non-hydrogen) atoms. The molecule has 2 aliphatic rings. The van der Waals surface area contributed by atoms with Crippen LogP contribution in [0.2, 0.25) is 0 Å². The molecule has 0 saturated heterocycles. The lowest BCUT2D eigenvalue weighted by atomic mass is 9.96. The van der Waals surface area contributed by atoms with Gasteiger partial charge < -0.3 is 15.5 Å². The Bertz CT molecular complexity index is 1040. The molecule has 6 nitrogen and oxygen atoms in total. The van der Waals surface area contributed by atoms with E-state index in [-0.39, 0.29) is 6.04 Å². The van der Waals surface area contributed by atoms with E-state index in [0.717, 1.165) is 50.0 Å². The van der Waals surface area contributed by atoms with Gasteiger partial charge in [0.05, 0.1) is 6.04 Å². The molecule has 6 heteroatoms. The third-order valence-corrected chi connectivity index (χ3v) is 7.17. The number of hydrogen-bond donors (Lipinski definition) is 2. The van der Waals surface area contributed by atoms with Crippen molar-refractivity contribution in [1.82, 2.24) is 15.5 Å². The van der Waals surface area contributed by atoms with Gasteiger partial charge >= 0.3 is 11.8 Å². The zero-order chi connectivity index (χ0) is 24.6. The van der Waals surface area contributed by atoms with Crippen LogP contribution in [-0.2, 0) is 22.6 Å². The monoisotopic (exact) mass is 474 g/mol. The summed E-state index contributed by atoms with van der Waals surface area (Å²) in [6.07, 6.45) is 8.79. The number of rotatable bonds is 8. The maximum absolute atomic E-state index is 12.6. The molecule has 186 valence electrons. The van der Waals surface area contributed by atoms with Crippen LogP contribution in [0.4, 0.5) is 5.69 Å². The highest BCUT2D eigenvalue weighted by Crippen LogP contribution is 2.28. The van der Waals surface area contributed by atoms with Crippen molar-refractivity contribution in [3.8, 4) is 0 Å². The first-order chi connectivity index (χ1) is 17.0. The molecule has 1 aliphatic heterocycles. The molecule has 1 unspecified atom stereocenters. The minimum Gasteiger partial charge on any atom is -0.378 e. The summed E-state index contributed by atoms with van der Waals surface area (Å²) >= 11 is 0. The highest BCUT2D eigenvalue weighted by atomic mass is 16.2. The van der Waals surface area contributed by atoms with Gasteiger partial charge in [0.2, 0.25) is 0 Å². The Hall–Kier alpha value is -3.12. The predicted octanol–water partition coefficient (Wildman–Crippen LogP) is 3.97. The number of carbonyl (C=O) groups excluding carboxylic acids is 2. The first-order valence-corrected chi connectivity index (χ1v) is 12.8. The smallest absolute Gasteiger partial charge is 0.309 e. The topological polar surface area (TPSA) is 64.7 Å². The fraction of sp³-hybridized carbons (Fsp3) is 0.448. The maximum Gasteiger partial charge on any atom is 0.309 e. The van der Waals surface area contributed by atoms with Gasteiger partial charge in [-0.1, -0.05) is 48.0 Å². The summed E-state index contributed by atoms with van der Waals surface area (Å²) in [7, 11) is 4.05. The standard InChI is InChI=1S/C29H38N4O2/c1-32(2)26-14-12-24(13-15-26)27(33-19-17-23-10-6-7-11-25(23)21-33)20-31-29(35)28(34)30-18-16-22-8-4-3-5-9-22/h6-8,10-15,27H,3-5,9,16-21H2,1-2H3,(H,30,34)(H,31,35). The molecule has 0 bridgehead atoms. The maximum atomic E-state index is 12.6. The summed E-state index contributed by atoms with van der Waals surface area (Å²) in [6.45, 7) is 2.64. The second-order valence-electron chi connectivity index (χ2n) is 9.82. The van der Waals surface area contributed by atoms with E-state index in [9.17, 15) is 9.59 Å². The number of allylic oxidation sites excluding steroid dienone is 1. The average Bonchev–Trinajstić information content (AvgIpc) is 2.89. The number of benzene rings is 2. The van der Waals surface area contributed by atoms with E-state index >= 15 is 0 Å². The summed E-state index contributed by atoms with van der Waals surface area (Å²) < 4.78 is 0. The van der Waals surface area contributed by atoms with Crippen LogP contribution in [0.1, 0.15) is 54.8 Å². The van der Waals surface area contributed by atoms with Crippen LogP contribution in [0.5, 0.6) is 0 Å². The number of carbonyl (C=O) groups is 2. The van der Waals surface area contributed by atoms with Crippen molar-refractivity contribution in [3.63, 3.8) is 0 Å². The van der Waals surface area contributed by atoms with Gasteiger partial charge in [0.15, 0.2) is 0 Å². The van der Waals surface area contributed by atoms with E-state index in [1.165, 1.54) is 29.5 Å². The van der Waals surface area contributed by atoms with Crippen molar-refractivity contribution >= 4 is 17.5 Å². The van der Waals surface area contributed by atoms with Crippen LogP contribution >= 0.6 is 0 Å². The third-order valence-electron chi connectivity index (χ3n) is 7.17. The Balaban J connectivity index is 1.39. The number of amides is 2. The van der Waals surface area contributed by atoms with Gasteiger partial charge in [-0.05, 0) is 67.3 Å².